The van der Waals surface area contributed by atoms with E-state index in [1.165, 1.54) is 25.7 Å². The summed E-state index contributed by atoms with van der Waals surface area (Å²) in [6.07, 6.45) is 10.4. The number of hydrogen-bond acceptors (Lipinski definition) is 2. The Labute approximate surface area is 147 Å². The SMILES string of the molecule is NCc1c(-c2ccc(Cl)cc2Cl)ncn1CCC1=CCCCC1. The molecule has 0 amide bonds. The zero-order chi connectivity index (χ0) is 16.2. The predicted octanol–water partition coefficient (Wildman–Crippen LogP) is 5.21. The molecule has 1 aliphatic rings. The molecule has 0 saturated heterocycles. The van der Waals surface area contributed by atoms with E-state index in [9.17, 15) is 0 Å². The fraction of sp³-hybridized carbons (Fsp3) is 0.389. The molecule has 0 radical (unpaired) electrons. The molecule has 1 aliphatic carbocycles. The van der Waals surface area contributed by atoms with E-state index in [0.717, 1.165) is 29.9 Å². The van der Waals surface area contributed by atoms with E-state index in [2.05, 4.69) is 15.6 Å². The summed E-state index contributed by atoms with van der Waals surface area (Å²) in [4.78, 5) is 4.55. The Morgan fingerprint density at radius 2 is 2.09 bits per heavy atom. The zero-order valence-electron chi connectivity index (χ0n) is 13.1. The van der Waals surface area contributed by atoms with Gasteiger partial charge in [-0.15, -0.1) is 0 Å². The van der Waals surface area contributed by atoms with Gasteiger partial charge in [-0.05, 0) is 50.3 Å². The molecule has 0 atom stereocenters. The molecule has 0 aliphatic heterocycles. The van der Waals surface area contributed by atoms with Gasteiger partial charge in [0.1, 0.15) is 0 Å². The summed E-state index contributed by atoms with van der Waals surface area (Å²) in [5, 5.41) is 1.23. The van der Waals surface area contributed by atoms with Gasteiger partial charge >= 0.3 is 0 Å². The van der Waals surface area contributed by atoms with Gasteiger partial charge in [-0.1, -0.05) is 34.9 Å². The summed E-state index contributed by atoms with van der Waals surface area (Å²) in [5.41, 5.74) is 10.3. The summed E-state index contributed by atoms with van der Waals surface area (Å²) >= 11 is 12.3. The molecule has 0 spiro atoms. The standard InChI is InChI=1S/C18H21Cl2N3/c19-14-6-7-15(16(20)10-14)18-17(11-21)23(12-22-18)9-8-13-4-2-1-3-5-13/h4,6-7,10,12H,1-3,5,8-9,11,21H2. The first kappa shape index (κ1) is 16.6. The maximum atomic E-state index is 6.32. The number of aromatic nitrogens is 2. The second-order valence-electron chi connectivity index (χ2n) is 5.92. The van der Waals surface area contributed by atoms with Crippen LogP contribution in [0, 0.1) is 0 Å². The molecular formula is C18H21Cl2N3. The molecular weight excluding hydrogens is 329 g/mol. The zero-order valence-corrected chi connectivity index (χ0v) is 14.6. The normalized spacial score (nSPS) is 14.8. The summed E-state index contributed by atoms with van der Waals surface area (Å²) in [7, 11) is 0. The average molecular weight is 350 g/mol. The minimum Gasteiger partial charge on any atom is -0.333 e. The molecule has 1 heterocycles. The van der Waals surface area contributed by atoms with E-state index in [0.29, 0.717) is 16.6 Å². The van der Waals surface area contributed by atoms with Gasteiger partial charge in [-0.3, -0.25) is 0 Å². The van der Waals surface area contributed by atoms with Gasteiger partial charge in [0, 0.05) is 23.7 Å². The Morgan fingerprint density at radius 3 is 2.78 bits per heavy atom. The van der Waals surface area contributed by atoms with Crippen LogP contribution in [-0.4, -0.2) is 9.55 Å². The molecule has 0 unspecified atom stereocenters. The van der Waals surface area contributed by atoms with Gasteiger partial charge in [0.2, 0.25) is 0 Å². The molecule has 1 aromatic heterocycles. The van der Waals surface area contributed by atoms with Crippen molar-refractivity contribution in [1.82, 2.24) is 9.55 Å². The highest BCUT2D eigenvalue weighted by Gasteiger charge is 2.15. The lowest BCUT2D eigenvalue weighted by molar-refractivity contribution is 0.611. The largest absolute Gasteiger partial charge is 0.333 e. The second kappa shape index (κ2) is 7.52. The average Bonchev–Trinajstić information content (AvgIpc) is 2.96. The van der Waals surface area contributed by atoms with Crippen molar-refractivity contribution in [1.29, 1.82) is 0 Å². The number of benzene rings is 1. The minimum atomic E-state index is 0.438. The van der Waals surface area contributed by atoms with Crippen molar-refractivity contribution in [3.63, 3.8) is 0 Å². The number of allylic oxidation sites excluding steroid dienone is 2. The van der Waals surface area contributed by atoms with E-state index in [1.54, 1.807) is 11.6 Å². The van der Waals surface area contributed by atoms with Crippen molar-refractivity contribution >= 4 is 23.2 Å². The number of hydrogen-bond donors (Lipinski definition) is 1. The number of rotatable bonds is 5. The number of nitrogens with two attached hydrogens (primary N) is 1. The van der Waals surface area contributed by atoms with Crippen molar-refractivity contribution in [2.45, 2.75) is 45.2 Å². The lowest BCUT2D eigenvalue weighted by Crippen LogP contribution is -2.09. The van der Waals surface area contributed by atoms with Gasteiger partial charge < -0.3 is 10.3 Å². The molecule has 122 valence electrons. The van der Waals surface area contributed by atoms with E-state index in [4.69, 9.17) is 28.9 Å². The third-order valence-electron chi connectivity index (χ3n) is 4.38. The Morgan fingerprint density at radius 1 is 1.22 bits per heavy atom. The van der Waals surface area contributed by atoms with Crippen LogP contribution in [0.1, 0.15) is 37.8 Å². The van der Waals surface area contributed by atoms with E-state index in [1.807, 2.05) is 18.5 Å². The van der Waals surface area contributed by atoms with Crippen LogP contribution in [0.3, 0.4) is 0 Å². The van der Waals surface area contributed by atoms with Gasteiger partial charge in [-0.2, -0.15) is 0 Å². The van der Waals surface area contributed by atoms with Crippen LogP contribution in [0.15, 0.2) is 36.2 Å². The summed E-state index contributed by atoms with van der Waals surface area (Å²) in [6, 6.07) is 5.47. The Balaban J connectivity index is 1.83. The fourth-order valence-electron chi connectivity index (χ4n) is 3.12. The topological polar surface area (TPSA) is 43.8 Å². The van der Waals surface area contributed by atoms with Gasteiger partial charge in [0.05, 0.1) is 22.7 Å². The number of nitrogens with zero attached hydrogens (tertiary/aromatic N) is 2. The first-order valence-corrected chi connectivity index (χ1v) is 8.82. The minimum absolute atomic E-state index is 0.438. The molecule has 0 saturated carbocycles. The van der Waals surface area contributed by atoms with Gasteiger partial charge in [0.15, 0.2) is 0 Å². The molecule has 0 bridgehead atoms. The van der Waals surface area contributed by atoms with Crippen LogP contribution in [0.4, 0.5) is 0 Å². The number of imidazole rings is 1. The number of aryl methyl sites for hydroxylation is 1. The third-order valence-corrected chi connectivity index (χ3v) is 4.93. The van der Waals surface area contributed by atoms with Crippen LogP contribution in [0.25, 0.3) is 11.3 Å². The smallest absolute Gasteiger partial charge is 0.0956 e. The van der Waals surface area contributed by atoms with E-state index in [-0.39, 0.29) is 0 Å². The third kappa shape index (κ3) is 3.79. The molecule has 2 N–H and O–H groups in total. The van der Waals surface area contributed by atoms with Crippen molar-refractivity contribution in [3.05, 3.63) is 51.9 Å². The van der Waals surface area contributed by atoms with Gasteiger partial charge in [0.25, 0.3) is 0 Å². The molecule has 0 fully saturated rings. The van der Waals surface area contributed by atoms with Crippen molar-refractivity contribution in [2.75, 3.05) is 0 Å². The van der Waals surface area contributed by atoms with Crippen molar-refractivity contribution in [3.8, 4) is 11.3 Å². The molecule has 23 heavy (non-hydrogen) atoms. The van der Waals surface area contributed by atoms with Crippen molar-refractivity contribution < 1.29 is 0 Å². The molecule has 1 aromatic carbocycles. The first-order chi connectivity index (χ1) is 11.2. The highest BCUT2D eigenvalue weighted by atomic mass is 35.5. The lowest BCUT2D eigenvalue weighted by atomic mass is 9.97. The van der Waals surface area contributed by atoms with Gasteiger partial charge in [-0.25, -0.2) is 4.98 Å². The second-order valence-corrected chi connectivity index (χ2v) is 6.76. The molecule has 3 rings (SSSR count). The summed E-state index contributed by atoms with van der Waals surface area (Å²) in [6.45, 7) is 1.35. The molecule has 2 aromatic rings. The van der Waals surface area contributed by atoms with Crippen molar-refractivity contribution in [2.24, 2.45) is 5.73 Å². The Bertz CT molecular complexity index is 719. The highest BCUT2D eigenvalue weighted by molar-refractivity contribution is 6.36. The highest BCUT2D eigenvalue weighted by Crippen LogP contribution is 2.32. The van der Waals surface area contributed by atoms with Crippen LogP contribution in [0.2, 0.25) is 10.0 Å². The Kier molecular flexibility index (Phi) is 5.42. The Hall–Kier alpha value is -1.29. The van der Waals surface area contributed by atoms with Crippen LogP contribution in [0.5, 0.6) is 0 Å². The maximum absolute atomic E-state index is 6.32. The maximum Gasteiger partial charge on any atom is 0.0956 e. The van der Waals surface area contributed by atoms with Crippen LogP contribution >= 0.6 is 23.2 Å². The van der Waals surface area contributed by atoms with Crippen LogP contribution < -0.4 is 5.73 Å². The summed E-state index contributed by atoms with van der Waals surface area (Å²) < 4.78 is 2.15. The lowest BCUT2D eigenvalue weighted by Gasteiger charge is -2.14. The predicted molar refractivity (Wildman–Crippen MR) is 96.7 cm³/mol. The molecule has 5 heteroatoms. The fourth-order valence-corrected chi connectivity index (χ4v) is 3.61. The van der Waals surface area contributed by atoms with Crippen LogP contribution in [-0.2, 0) is 13.1 Å². The first-order valence-electron chi connectivity index (χ1n) is 8.06. The monoisotopic (exact) mass is 349 g/mol. The number of halogens is 2. The quantitative estimate of drug-likeness (QED) is 0.753. The van der Waals surface area contributed by atoms with E-state index < -0.39 is 0 Å². The molecule has 3 nitrogen and oxygen atoms in total. The summed E-state index contributed by atoms with van der Waals surface area (Å²) in [5.74, 6) is 0. The van der Waals surface area contributed by atoms with E-state index >= 15 is 0 Å².